The summed E-state index contributed by atoms with van der Waals surface area (Å²) in [6.45, 7) is 8.71. The number of para-hydroxylation sites is 4. The molecule has 0 unspecified atom stereocenters. The number of hydrogen-bond acceptors (Lipinski definition) is 3. The first kappa shape index (κ1) is 43.6. The van der Waals surface area contributed by atoms with Crippen LogP contribution in [0.25, 0.3) is 141 Å². The highest BCUT2D eigenvalue weighted by Crippen LogP contribution is 2.54. The van der Waals surface area contributed by atoms with Gasteiger partial charge < -0.3 is 18.3 Å². The first-order chi connectivity index (χ1) is 37.8. The van der Waals surface area contributed by atoms with Crippen molar-refractivity contribution < 1.29 is 0 Å². The lowest BCUT2D eigenvalue weighted by Gasteiger charge is -2.29. The van der Waals surface area contributed by atoms with Crippen molar-refractivity contribution in [3.05, 3.63) is 234 Å². The Morgan fingerprint density at radius 3 is 1.13 bits per heavy atom. The van der Waals surface area contributed by atoms with Crippen LogP contribution < -0.4 is 0 Å². The third kappa shape index (κ3) is 6.02. The lowest BCUT2D eigenvalue weighted by atomic mass is 9.92. The zero-order valence-corrected chi connectivity index (χ0v) is 43.5. The highest BCUT2D eigenvalue weighted by Gasteiger charge is 2.36. The first-order valence-electron chi connectivity index (χ1n) is 26.2. The van der Waals surface area contributed by atoms with Crippen LogP contribution in [0.2, 0.25) is 0 Å². The molecule has 0 amide bonds. The molecule has 77 heavy (non-hydrogen) atoms. The second-order valence-electron chi connectivity index (χ2n) is 20.9. The van der Waals surface area contributed by atoms with Crippen LogP contribution in [-0.2, 0) is 0 Å². The first-order valence-corrected chi connectivity index (χ1v) is 27.1. The number of pyridine rings is 1. The Bertz CT molecular complexity index is 5030. The van der Waals surface area contributed by atoms with E-state index in [2.05, 4.69) is 246 Å². The highest BCUT2D eigenvalue weighted by molar-refractivity contribution is 7.26. The molecule has 6 nitrogen and oxygen atoms in total. The van der Waals surface area contributed by atoms with Crippen LogP contribution in [0.1, 0.15) is 27.8 Å². The van der Waals surface area contributed by atoms with Gasteiger partial charge in [-0.15, -0.1) is 11.3 Å². The molecule has 6 heterocycles. The van der Waals surface area contributed by atoms with Gasteiger partial charge in [0.2, 0.25) is 0 Å². The Labute approximate surface area is 446 Å². The van der Waals surface area contributed by atoms with Gasteiger partial charge in [0.05, 0.1) is 66.9 Å². The molecule has 0 saturated heterocycles. The molecule has 0 aliphatic carbocycles. The van der Waals surface area contributed by atoms with Gasteiger partial charge in [0, 0.05) is 86.8 Å². The van der Waals surface area contributed by atoms with E-state index in [0.717, 1.165) is 164 Å². The molecular weight excluding hydrogens is 957 g/mol. The predicted molar refractivity (Wildman–Crippen MR) is 324 cm³/mol. The fourth-order valence-electron chi connectivity index (χ4n) is 13.1. The largest absolute Gasteiger partial charge is 0.306 e. The average molecular weight is 1000 g/mol. The van der Waals surface area contributed by atoms with Crippen molar-refractivity contribution in [2.45, 2.75) is 27.7 Å². The summed E-state index contributed by atoms with van der Waals surface area (Å²) in [7, 11) is 0. The molecule has 0 spiro atoms. The summed E-state index contributed by atoms with van der Waals surface area (Å²) < 4.78 is 12.2. The number of aryl methyl sites for hydroxylation is 4. The lowest BCUT2D eigenvalue weighted by Crippen LogP contribution is -2.16. The molecule has 362 valence electrons. The van der Waals surface area contributed by atoms with Crippen LogP contribution >= 0.6 is 11.3 Å². The van der Waals surface area contributed by atoms with E-state index >= 15 is 0 Å². The molecule has 10 aromatic carbocycles. The Kier molecular flexibility index (Phi) is 9.14. The van der Waals surface area contributed by atoms with Gasteiger partial charge in [0.25, 0.3) is 0 Å². The molecule has 0 aliphatic heterocycles. The van der Waals surface area contributed by atoms with Gasteiger partial charge in [-0.05, 0) is 105 Å². The van der Waals surface area contributed by atoms with Crippen LogP contribution in [0, 0.1) is 39.0 Å². The summed E-state index contributed by atoms with van der Waals surface area (Å²) in [5, 5.41) is 24.3. The summed E-state index contributed by atoms with van der Waals surface area (Å²) in [5.41, 5.74) is 18.9. The summed E-state index contributed by atoms with van der Waals surface area (Å²) in [4.78, 5) is 4.71. The van der Waals surface area contributed by atoms with Gasteiger partial charge in [-0.3, -0.25) is 4.98 Å². The maximum absolute atomic E-state index is 13.0. The summed E-state index contributed by atoms with van der Waals surface area (Å²) in [5.74, 6) is 0. The maximum atomic E-state index is 13.0. The smallest absolute Gasteiger partial charge is 0.104 e. The van der Waals surface area contributed by atoms with E-state index in [0.29, 0.717) is 5.56 Å². The molecular formula is C70H46N6S. The van der Waals surface area contributed by atoms with E-state index in [1.807, 2.05) is 23.7 Å². The van der Waals surface area contributed by atoms with Crippen molar-refractivity contribution in [1.29, 1.82) is 5.26 Å². The second-order valence-corrected chi connectivity index (χ2v) is 22.0. The van der Waals surface area contributed by atoms with Crippen molar-refractivity contribution >= 4 is 119 Å². The number of benzene rings is 10. The van der Waals surface area contributed by atoms with E-state index in [1.165, 1.54) is 0 Å². The Morgan fingerprint density at radius 2 is 0.727 bits per heavy atom. The van der Waals surface area contributed by atoms with E-state index in [-0.39, 0.29) is 0 Å². The van der Waals surface area contributed by atoms with E-state index < -0.39 is 0 Å². The Balaban J connectivity index is 1.30. The molecule has 0 radical (unpaired) electrons. The fourth-order valence-corrected chi connectivity index (χ4v) is 14.2. The second kappa shape index (κ2) is 16.1. The summed E-state index contributed by atoms with van der Waals surface area (Å²) in [6, 6.07) is 74.4. The predicted octanol–water partition coefficient (Wildman–Crippen LogP) is 18.6. The average Bonchev–Trinajstić information content (AvgIpc) is 4.37. The summed E-state index contributed by atoms with van der Waals surface area (Å²) >= 11 is 1.81. The van der Waals surface area contributed by atoms with Crippen molar-refractivity contribution in [1.82, 2.24) is 23.3 Å². The van der Waals surface area contributed by atoms with Crippen molar-refractivity contribution in [3.8, 4) is 39.9 Å². The van der Waals surface area contributed by atoms with Gasteiger partial charge in [0.1, 0.15) is 11.6 Å². The van der Waals surface area contributed by atoms with E-state index in [9.17, 15) is 5.26 Å². The summed E-state index contributed by atoms with van der Waals surface area (Å²) in [6.07, 6.45) is 3.92. The monoisotopic (exact) mass is 1000 g/mol. The molecule has 0 bridgehead atoms. The quantitative estimate of drug-likeness (QED) is 0.172. The van der Waals surface area contributed by atoms with E-state index in [1.54, 1.807) is 0 Å². The van der Waals surface area contributed by atoms with E-state index in [4.69, 9.17) is 4.98 Å². The number of hydrogen-bond donors (Lipinski definition) is 0. The van der Waals surface area contributed by atoms with Crippen LogP contribution in [0.5, 0.6) is 0 Å². The highest BCUT2D eigenvalue weighted by atomic mass is 32.1. The number of aromatic nitrogens is 5. The minimum absolute atomic E-state index is 0.553. The molecule has 16 rings (SSSR count). The minimum atomic E-state index is 0.553. The molecule has 0 saturated carbocycles. The third-order valence-electron chi connectivity index (χ3n) is 16.3. The molecule has 16 aromatic rings. The SMILES string of the molecule is Cc1ccc2c3ccccc3n(-c3c(C#N)c(-n4c5ccccc5c5ccc(C)cc54)c(-n4c5ccccc5c5ccc(C)cc54)c(-c4cccc5c4sc4ccncc45)c3-n3c4ccccc4c4ccc(C)cc43)c2c1. The third-order valence-corrected chi connectivity index (χ3v) is 17.5. The molecule has 0 aliphatic rings. The Morgan fingerprint density at radius 1 is 0.364 bits per heavy atom. The van der Waals surface area contributed by atoms with Crippen molar-refractivity contribution in [2.75, 3.05) is 0 Å². The topological polar surface area (TPSA) is 56.4 Å². The molecule has 7 heteroatoms. The van der Waals surface area contributed by atoms with Crippen LogP contribution in [0.3, 0.4) is 0 Å². The molecule has 0 fully saturated rings. The van der Waals surface area contributed by atoms with Gasteiger partial charge in [-0.25, -0.2) is 0 Å². The number of fused-ring (bicyclic) bond motifs is 15. The van der Waals surface area contributed by atoms with Crippen LogP contribution in [0.4, 0.5) is 0 Å². The van der Waals surface area contributed by atoms with Gasteiger partial charge in [-0.2, -0.15) is 5.26 Å². The normalized spacial score (nSPS) is 12.1. The molecule has 6 aromatic heterocycles. The lowest BCUT2D eigenvalue weighted by molar-refractivity contribution is 1.04. The number of nitrogens with zero attached hydrogens (tertiary/aromatic N) is 6. The van der Waals surface area contributed by atoms with Crippen molar-refractivity contribution in [3.63, 3.8) is 0 Å². The Hall–Kier alpha value is -9.74. The van der Waals surface area contributed by atoms with Gasteiger partial charge in [0.15, 0.2) is 0 Å². The zero-order chi connectivity index (χ0) is 51.4. The minimum Gasteiger partial charge on any atom is -0.306 e. The maximum Gasteiger partial charge on any atom is 0.104 e. The standard InChI is InChI=1S/C70H46N6S/c1-40-24-28-48-44-14-5-9-20-56(44)73(60(48)34-40)66-54(38-71)67(74-57-21-10-6-15-45(57)49-29-25-41(2)35-61(49)74)69(76-59-23-12-8-17-47(59)51-31-27-43(4)37-63(51)76)65(53-19-13-18-52-55-39-72-33-32-64(55)77-70(52)53)68(66)75-58-22-11-7-16-46(58)50-30-26-42(3)36-62(50)75/h5-37,39H,1-4H3. The fraction of sp³-hybridized carbons (Fsp3) is 0.0571. The number of thiophene rings is 1. The molecule has 0 atom stereocenters. The van der Waals surface area contributed by atoms with Gasteiger partial charge in [-0.1, -0.05) is 140 Å². The number of nitriles is 1. The zero-order valence-electron chi connectivity index (χ0n) is 42.7. The number of rotatable bonds is 5. The van der Waals surface area contributed by atoms with Crippen LogP contribution in [-0.4, -0.2) is 23.3 Å². The molecule has 0 N–H and O–H groups in total. The van der Waals surface area contributed by atoms with Gasteiger partial charge >= 0.3 is 0 Å². The van der Waals surface area contributed by atoms with Crippen LogP contribution in [0.15, 0.2) is 207 Å². The van der Waals surface area contributed by atoms with Crippen molar-refractivity contribution in [2.24, 2.45) is 0 Å².